The normalized spacial score (nSPS) is 13.6. The number of aliphatic hydroxyl groups is 1. The molecular formula is C11H12F2O3. The second-order valence-electron chi connectivity index (χ2n) is 4.09. The van der Waals surface area contributed by atoms with Crippen molar-refractivity contribution in [3.8, 4) is 0 Å². The zero-order chi connectivity index (χ0) is 12.5. The third-order valence-electron chi connectivity index (χ3n) is 2.58. The van der Waals surface area contributed by atoms with E-state index in [1.165, 1.54) is 19.9 Å². The third kappa shape index (κ3) is 2.19. The van der Waals surface area contributed by atoms with Gasteiger partial charge in [0.2, 0.25) is 0 Å². The Bertz CT molecular complexity index is 416. The van der Waals surface area contributed by atoms with Gasteiger partial charge in [0.15, 0.2) is 17.7 Å². The largest absolute Gasteiger partial charge is 0.479 e. The number of carboxylic acid groups (broad SMARTS) is 1. The summed E-state index contributed by atoms with van der Waals surface area (Å²) in [6, 6.07) is 3.05. The van der Waals surface area contributed by atoms with Crippen LogP contribution in [0, 0.1) is 11.6 Å². The molecule has 3 nitrogen and oxygen atoms in total. The van der Waals surface area contributed by atoms with E-state index in [1.807, 2.05) is 0 Å². The molecule has 0 amide bonds. The van der Waals surface area contributed by atoms with Gasteiger partial charge in [0, 0.05) is 5.41 Å². The van der Waals surface area contributed by atoms with Crippen LogP contribution >= 0.6 is 0 Å². The maximum absolute atomic E-state index is 13.0. The van der Waals surface area contributed by atoms with Crippen molar-refractivity contribution in [3.63, 3.8) is 0 Å². The molecule has 0 aliphatic rings. The number of benzene rings is 1. The molecule has 1 unspecified atom stereocenters. The van der Waals surface area contributed by atoms with Gasteiger partial charge in [-0.05, 0) is 17.7 Å². The Morgan fingerprint density at radius 2 is 1.88 bits per heavy atom. The van der Waals surface area contributed by atoms with Gasteiger partial charge < -0.3 is 10.2 Å². The van der Waals surface area contributed by atoms with Gasteiger partial charge in [0.1, 0.15) is 0 Å². The molecule has 0 spiro atoms. The molecule has 0 aromatic heterocycles. The van der Waals surface area contributed by atoms with Crippen molar-refractivity contribution in [2.24, 2.45) is 0 Å². The van der Waals surface area contributed by atoms with Crippen molar-refractivity contribution >= 4 is 5.97 Å². The van der Waals surface area contributed by atoms with E-state index in [9.17, 15) is 18.7 Å². The summed E-state index contributed by atoms with van der Waals surface area (Å²) in [5, 5.41) is 18.1. The molecule has 1 rings (SSSR count). The van der Waals surface area contributed by atoms with E-state index < -0.39 is 29.1 Å². The van der Waals surface area contributed by atoms with Crippen LogP contribution in [-0.4, -0.2) is 22.3 Å². The Morgan fingerprint density at radius 1 is 1.31 bits per heavy atom. The number of aliphatic carboxylic acids is 1. The minimum absolute atomic E-state index is 0.223. The fraction of sp³-hybridized carbons (Fsp3) is 0.364. The molecule has 0 fully saturated rings. The van der Waals surface area contributed by atoms with Gasteiger partial charge in [-0.3, -0.25) is 0 Å². The van der Waals surface area contributed by atoms with E-state index in [-0.39, 0.29) is 5.56 Å². The number of rotatable bonds is 3. The van der Waals surface area contributed by atoms with Crippen molar-refractivity contribution < 1.29 is 23.8 Å². The minimum Gasteiger partial charge on any atom is -0.479 e. The summed E-state index contributed by atoms with van der Waals surface area (Å²) in [6.45, 7) is 2.89. The van der Waals surface area contributed by atoms with Gasteiger partial charge in [-0.2, -0.15) is 0 Å². The van der Waals surface area contributed by atoms with Crippen LogP contribution in [-0.2, 0) is 10.2 Å². The van der Waals surface area contributed by atoms with E-state index in [4.69, 9.17) is 5.11 Å². The van der Waals surface area contributed by atoms with Crippen LogP contribution in [0.3, 0.4) is 0 Å². The maximum atomic E-state index is 13.0. The van der Waals surface area contributed by atoms with E-state index in [0.29, 0.717) is 0 Å². The molecule has 1 atom stereocenters. The quantitative estimate of drug-likeness (QED) is 0.830. The number of carboxylic acids is 1. The van der Waals surface area contributed by atoms with Crippen molar-refractivity contribution in [3.05, 3.63) is 35.4 Å². The van der Waals surface area contributed by atoms with E-state index in [0.717, 1.165) is 12.1 Å². The number of hydrogen-bond acceptors (Lipinski definition) is 2. The predicted molar refractivity (Wildman–Crippen MR) is 53.0 cm³/mol. The molecule has 2 N–H and O–H groups in total. The maximum Gasteiger partial charge on any atom is 0.333 e. The molecule has 1 aromatic rings. The van der Waals surface area contributed by atoms with E-state index in [1.54, 1.807) is 0 Å². The zero-order valence-electron chi connectivity index (χ0n) is 8.87. The SMILES string of the molecule is CC(C)(c1ccc(F)c(F)c1)C(O)C(=O)O. The fourth-order valence-corrected chi connectivity index (χ4v) is 1.36. The number of hydrogen-bond donors (Lipinski definition) is 2. The molecule has 0 saturated carbocycles. The van der Waals surface area contributed by atoms with Gasteiger partial charge >= 0.3 is 5.97 Å². The molecule has 0 aliphatic heterocycles. The number of halogens is 2. The van der Waals surface area contributed by atoms with E-state index in [2.05, 4.69) is 0 Å². The topological polar surface area (TPSA) is 57.5 Å². The lowest BCUT2D eigenvalue weighted by molar-refractivity contribution is -0.150. The molecule has 16 heavy (non-hydrogen) atoms. The summed E-state index contributed by atoms with van der Waals surface area (Å²) in [5.74, 6) is -3.48. The average Bonchev–Trinajstić information content (AvgIpc) is 2.20. The van der Waals surface area contributed by atoms with Gasteiger partial charge in [-0.1, -0.05) is 19.9 Å². The summed E-state index contributed by atoms with van der Waals surface area (Å²) in [6.07, 6.45) is -1.68. The van der Waals surface area contributed by atoms with Crippen LogP contribution in [0.25, 0.3) is 0 Å². The van der Waals surface area contributed by atoms with Gasteiger partial charge in [0.25, 0.3) is 0 Å². The molecule has 0 saturated heterocycles. The summed E-state index contributed by atoms with van der Waals surface area (Å²) >= 11 is 0. The highest BCUT2D eigenvalue weighted by atomic mass is 19.2. The van der Waals surface area contributed by atoms with Gasteiger partial charge in [-0.15, -0.1) is 0 Å². The van der Waals surface area contributed by atoms with Gasteiger partial charge in [0.05, 0.1) is 0 Å². The highest BCUT2D eigenvalue weighted by Crippen LogP contribution is 2.28. The first-order valence-electron chi connectivity index (χ1n) is 4.63. The number of carbonyl (C=O) groups is 1. The standard InChI is InChI=1S/C11H12F2O3/c1-11(2,9(14)10(15)16)6-3-4-7(12)8(13)5-6/h3-5,9,14H,1-2H3,(H,15,16). The van der Waals surface area contributed by atoms with Crippen LogP contribution in [0.2, 0.25) is 0 Å². The van der Waals surface area contributed by atoms with Crippen LogP contribution in [0.4, 0.5) is 8.78 Å². The van der Waals surface area contributed by atoms with Crippen molar-refractivity contribution in [2.45, 2.75) is 25.4 Å². The highest BCUT2D eigenvalue weighted by Gasteiger charge is 2.35. The van der Waals surface area contributed by atoms with Crippen molar-refractivity contribution in [2.75, 3.05) is 0 Å². The Kier molecular flexibility index (Phi) is 3.28. The first kappa shape index (κ1) is 12.6. The lowest BCUT2D eigenvalue weighted by Crippen LogP contribution is -2.39. The molecule has 5 heteroatoms. The third-order valence-corrected chi connectivity index (χ3v) is 2.58. The first-order chi connectivity index (χ1) is 7.26. The monoisotopic (exact) mass is 230 g/mol. The lowest BCUT2D eigenvalue weighted by atomic mass is 9.79. The molecular weight excluding hydrogens is 218 g/mol. The average molecular weight is 230 g/mol. The zero-order valence-corrected chi connectivity index (χ0v) is 8.87. The van der Waals surface area contributed by atoms with Crippen molar-refractivity contribution in [1.82, 2.24) is 0 Å². The van der Waals surface area contributed by atoms with Crippen molar-refractivity contribution in [1.29, 1.82) is 0 Å². The second kappa shape index (κ2) is 4.17. The van der Waals surface area contributed by atoms with Crippen LogP contribution < -0.4 is 0 Å². The van der Waals surface area contributed by atoms with Crippen LogP contribution in [0.15, 0.2) is 18.2 Å². The first-order valence-corrected chi connectivity index (χ1v) is 4.63. The molecule has 88 valence electrons. The second-order valence-corrected chi connectivity index (χ2v) is 4.09. The predicted octanol–water partition coefficient (Wildman–Crippen LogP) is 1.69. The summed E-state index contributed by atoms with van der Waals surface area (Å²) in [4.78, 5) is 10.7. The Hall–Kier alpha value is -1.49. The smallest absolute Gasteiger partial charge is 0.333 e. The highest BCUT2D eigenvalue weighted by molar-refractivity contribution is 5.74. The van der Waals surface area contributed by atoms with Crippen LogP contribution in [0.5, 0.6) is 0 Å². The molecule has 0 radical (unpaired) electrons. The summed E-state index contributed by atoms with van der Waals surface area (Å²) in [7, 11) is 0. The van der Waals surface area contributed by atoms with E-state index >= 15 is 0 Å². The van der Waals surface area contributed by atoms with Crippen LogP contribution in [0.1, 0.15) is 19.4 Å². The minimum atomic E-state index is -1.68. The molecule has 0 heterocycles. The summed E-state index contributed by atoms with van der Waals surface area (Å²) in [5.41, 5.74) is -0.971. The van der Waals surface area contributed by atoms with Gasteiger partial charge in [-0.25, -0.2) is 13.6 Å². The Labute approximate surface area is 91.3 Å². The Morgan fingerprint density at radius 3 is 2.31 bits per heavy atom. The lowest BCUT2D eigenvalue weighted by Gasteiger charge is -2.28. The molecule has 1 aromatic carbocycles. The summed E-state index contributed by atoms with van der Waals surface area (Å²) < 4.78 is 25.7. The molecule has 0 bridgehead atoms. The number of aliphatic hydroxyl groups excluding tert-OH is 1. The Balaban J connectivity index is 3.16. The molecule has 0 aliphatic carbocycles. The fourth-order valence-electron chi connectivity index (χ4n) is 1.36.